The van der Waals surface area contributed by atoms with Crippen molar-refractivity contribution in [2.24, 2.45) is 0 Å². The van der Waals surface area contributed by atoms with Crippen LogP contribution in [0.3, 0.4) is 0 Å². The highest BCUT2D eigenvalue weighted by Gasteiger charge is 2.40. The average molecular weight is 261 g/mol. The lowest BCUT2D eigenvalue weighted by Crippen LogP contribution is -2.48. The van der Waals surface area contributed by atoms with Crippen molar-refractivity contribution >= 4 is 0 Å². The van der Waals surface area contributed by atoms with Gasteiger partial charge in [-0.3, -0.25) is 4.90 Å². The molecular weight excluding hydrogens is 238 g/mol. The summed E-state index contributed by atoms with van der Waals surface area (Å²) >= 11 is 0. The van der Waals surface area contributed by atoms with Crippen LogP contribution in [0.2, 0.25) is 0 Å². The van der Waals surface area contributed by atoms with Crippen LogP contribution in [0.1, 0.15) is 29.5 Å². The number of aryl methyl sites for hydroxylation is 2. The normalized spacial score (nSPS) is 23.1. The number of rotatable bonds is 2. The third kappa shape index (κ3) is 2.83. The van der Waals surface area contributed by atoms with E-state index in [2.05, 4.69) is 36.9 Å². The molecule has 1 aromatic carbocycles. The van der Waals surface area contributed by atoms with Gasteiger partial charge in [0.15, 0.2) is 5.79 Å². The monoisotopic (exact) mass is 261 g/mol. The van der Waals surface area contributed by atoms with Gasteiger partial charge in [0, 0.05) is 13.0 Å². The van der Waals surface area contributed by atoms with Gasteiger partial charge < -0.3 is 9.47 Å². The number of ether oxygens (including phenoxy) is 2. The molecule has 2 aliphatic heterocycles. The zero-order chi connectivity index (χ0) is 13.3. The molecule has 2 saturated heterocycles. The van der Waals surface area contributed by atoms with E-state index in [1.54, 1.807) is 0 Å². The number of benzene rings is 1. The Hall–Kier alpha value is -0.900. The van der Waals surface area contributed by atoms with Crippen LogP contribution < -0.4 is 0 Å². The van der Waals surface area contributed by atoms with Gasteiger partial charge >= 0.3 is 0 Å². The maximum atomic E-state index is 5.83. The second-order valence-corrected chi connectivity index (χ2v) is 5.84. The van der Waals surface area contributed by atoms with Gasteiger partial charge in [-0.1, -0.05) is 18.2 Å². The standard InChI is InChI=1S/C16H23NO2/c1-13-4-5-15(10-14(13)2)11-17-7-3-6-16(12-17)18-8-9-19-16/h4-5,10H,3,6-9,11-12H2,1-2H3. The summed E-state index contributed by atoms with van der Waals surface area (Å²) < 4.78 is 11.7. The molecule has 0 unspecified atom stereocenters. The van der Waals surface area contributed by atoms with Crippen molar-refractivity contribution in [3.63, 3.8) is 0 Å². The van der Waals surface area contributed by atoms with Crippen LogP contribution in [-0.4, -0.2) is 37.0 Å². The first kappa shape index (κ1) is 13.1. The summed E-state index contributed by atoms with van der Waals surface area (Å²) in [5.74, 6) is -0.308. The molecule has 0 bridgehead atoms. The molecule has 1 spiro atoms. The SMILES string of the molecule is Cc1ccc(CN2CCCC3(C2)OCCO3)cc1C. The smallest absolute Gasteiger partial charge is 0.181 e. The van der Waals surface area contributed by atoms with Gasteiger partial charge in [-0.25, -0.2) is 0 Å². The Morgan fingerprint density at radius 1 is 1.16 bits per heavy atom. The minimum absolute atomic E-state index is 0.308. The number of piperidine rings is 1. The quantitative estimate of drug-likeness (QED) is 0.817. The Labute approximate surface area is 115 Å². The molecule has 0 saturated carbocycles. The molecule has 3 rings (SSSR count). The van der Waals surface area contributed by atoms with Crippen molar-refractivity contribution in [2.45, 2.75) is 39.0 Å². The zero-order valence-corrected chi connectivity index (χ0v) is 11.9. The van der Waals surface area contributed by atoms with Crippen LogP contribution in [-0.2, 0) is 16.0 Å². The van der Waals surface area contributed by atoms with Crippen LogP contribution >= 0.6 is 0 Å². The molecule has 0 atom stereocenters. The largest absolute Gasteiger partial charge is 0.346 e. The van der Waals surface area contributed by atoms with Gasteiger partial charge in [-0.05, 0) is 43.5 Å². The molecule has 3 heteroatoms. The predicted molar refractivity (Wildman–Crippen MR) is 75.1 cm³/mol. The molecule has 19 heavy (non-hydrogen) atoms. The minimum atomic E-state index is -0.308. The maximum absolute atomic E-state index is 5.83. The minimum Gasteiger partial charge on any atom is -0.346 e. The molecule has 0 radical (unpaired) electrons. The van der Waals surface area contributed by atoms with Crippen LogP contribution in [0.25, 0.3) is 0 Å². The number of likely N-dealkylation sites (tertiary alicyclic amines) is 1. The van der Waals surface area contributed by atoms with Crippen molar-refractivity contribution in [2.75, 3.05) is 26.3 Å². The number of nitrogens with zero attached hydrogens (tertiary/aromatic N) is 1. The molecule has 104 valence electrons. The van der Waals surface area contributed by atoms with Crippen molar-refractivity contribution in [3.8, 4) is 0 Å². The Morgan fingerprint density at radius 2 is 1.95 bits per heavy atom. The molecular formula is C16H23NO2. The summed E-state index contributed by atoms with van der Waals surface area (Å²) in [6.07, 6.45) is 2.20. The number of hydrogen-bond acceptors (Lipinski definition) is 3. The summed E-state index contributed by atoms with van der Waals surface area (Å²) in [5.41, 5.74) is 4.12. The Kier molecular flexibility index (Phi) is 3.61. The zero-order valence-electron chi connectivity index (χ0n) is 11.9. The molecule has 2 heterocycles. The topological polar surface area (TPSA) is 21.7 Å². The Morgan fingerprint density at radius 3 is 2.68 bits per heavy atom. The lowest BCUT2D eigenvalue weighted by molar-refractivity contribution is -0.190. The van der Waals surface area contributed by atoms with Crippen molar-refractivity contribution in [1.82, 2.24) is 4.90 Å². The van der Waals surface area contributed by atoms with Gasteiger partial charge in [-0.15, -0.1) is 0 Å². The second kappa shape index (κ2) is 5.23. The molecule has 0 aromatic heterocycles. The summed E-state index contributed by atoms with van der Waals surface area (Å²) in [6.45, 7) is 8.88. The Balaban J connectivity index is 1.67. The highest BCUT2D eigenvalue weighted by atomic mass is 16.7. The fraction of sp³-hybridized carbons (Fsp3) is 0.625. The predicted octanol–water partition coefficient (Wildman–Crippen LogP) is 2.64. The summed E-state index contributed by atoms with van der Waals surface area (Å²) in [4.78, 5) is 2.46. The van der Waals surface area contributed by atoms with Gasteiger partial charge in [0.25, 0.3) is 0 Å². The van der Waals surface area contributed by atoms with Crippen LogP contribution in [0.5, 0.6) is 0 Å². The first-order chi connectivity index (χ1) is 9.17. The molecule has 0 amide bonds. The molecule has 0 aliphatic carbocycles. The fourth-order valence-electron chi connectivity index (χ4n) is 3.10. The summed E-state index contributed by atoms with van der Waals surface area (Å²) in [6, 6.07) is 6.75. The second-order valence-electron chi connectivity index (χ2n) is 5.84. The van der Waals surface area contributed by atoms with Crippen molar-refractivity contribution in [3.05, 3.63) is 34.9 Å². The highest BCUT2D eigenvalue weighted by molar-refractivity contribution is 5.29. The van der Waals surface area contributed by atoms with Crippen molar-refractivity contribution in [1.29, 1.82) is 0 Å². The lowest BCUT2D eigenvalue weighted by Gasteiger charge is -2.38. The first-order valence-corrected chi connectivity index (χ1v) is 7.23. The van der Waals surface area contributed by atoms with Crippen LogP contribution in [0.15, 0.2) is 18.2 Å². The van der Waals surface area contributed by atoms with Crippen LogP contribution in [0, 0.1) is 13.8 Å². The molecule has 1 aromatic rings. The molecule has 0 N–H and O–H groups in total. The van der Waals surface area contributed by atoms with E-state index < -0.39 is 0 Å². The molecule has 2 aliphatic rings. The summed E-state index contributed by atoms with van der Waals surface area (Å²) in [7, 11) is 0. The van der Waals surface area contributed by atoms with Gasteiger partial charge in [-0.2, -0.15) is 0 Å². The van der Waals surface area contributed by atoms with E-state index in [0.717, 1.165) is 45.7 Å². The first-order valence-electron chi connectivity index (χ1n) is 7.23. The van der Waals surface area contributed by atoms with Gasteiger partial charge in [0.1, 0.15) is 0 Å². The van der Waals surface area contributed by atoms with Gasteiger partial charge in [0.2, 0.25) is 0 Å². The lowest BCUT2D eigenvalue weighted by atomic mass is 10.0. The van der Waals surface area contributed by atoms with E-state index in [0.29, 0.717) is 0 Å². The summed E-state index contributed by atoms with van der Waals surface area (Å²) in [5, 5.41) is 0. The number of hydrogen-bond donors (Lipinski definition) is 0. The molecule has 3 nitrogen and oxygen atoms in total. The third-order valence-electron chi connectivity index (χ3n) is 4.29. The maximum Gasteiger partial charge on any atom is 0.181 e. The van der Waals surface area contributed by atoms with Gasteiger partial charge in [0.05, 0.1) is 19.8 Å². The van der Waals surface area contributed by atoms with E-state index in [1.165, 1.54) is 16.7 Å². The van der Waals surface area contributed by atoms with Crippen molar-refractivity contribution < 1.29 is 9.47 Å². The van der Waals surface area contributed by atoms with E-state index in [1.807, 2.05) is 0 Å². The highest BCUT2D eigenvalue weighted by Crippen LogP contribution is 2.30. The van der Waals surface area contributed by atoms with E-state index in [4.69, 9.17) is 9.47 Å². The van der Waals surface area contributed by atoms with E-state index in [9.17, 15) is 0 Å². The van der Waals surface area contributed by atoms with Crippen LogP contribution in [0.4, 0.5) is 0 Å². The van der Waals surface area contributed by atoms with E-state index >= 15 is 0 Å². The fourth-order valence-corrected chi connectivity index (χ4v) is 3.10. The molecule has 2 fully saturated rings. The Bertz CT molecular complexity index is 452. The van der Waals surface area contributed by atoms with E-state index in [-0.39, 0.29) is 5.79 Å². The third-order valence-corrected chi connectivity index (χ3v) is 4.29. The average Bonchev–Trinajstić information content (AvgIpc) is 2.82.